The number of benzene rings is 1. The summed E-state index contributed by atoms with van der Waals surface area (Å²) in [6.07, 6.45) is -0.0842. The minimum atomic E-state index is -1.18. The standard InChI is InChI=1S/C15H19NO5/c1-9-5-4-6-10(2)13(9)14(18)16-11(15(19)20)7-8-12(17)21-3/h4-6,11H,7-8H2,1-3H3,(H,16,18)(H,19,20). The molecule has 1 unspecified atom stereocenters. The Morgan fingerprint density at radius 2 is 1.81 bits per heavy atom. The van der Waals surface area contributed by atoms with E-state index >= 15 is 0 Å². The molecule has 6 nitrogen and oxygen atoms in total. The zero-order valence-electron chi connectivity index (χ0n) is 12.3. The highest BCUT2D eigenvalue weighted by molar-refractivity contribution is 5.99. The lowest BCUT2D eigenvalue weighted by molar-refractivity contribution is -0.142. The van der Waals surface area contributed by atoms with Gasteiger partial charge in [-0.25, -0.2) is 4.79 Å². The molecule has 2 N–H and O–H groups in total. The van der Waals surface area contributed by atoms with E-state index in [9.17, 15) is 14.4 Å². The van der Waals surface area contributed by atoms with Gasteiger partial charge in [-0.1, -0.05) is 18.2 Å². The predicted molar refractivity (Wildman–Crippen MR) is 76.1 cm³/mol. The van der Waals surface area contributed by atoms with Gasteiger partial charge in [-0.3, -0.25) is 9.59 Å². The second-order valence-corrected chi connectivity index (χ2v) is 4.75. The van der Waals surface area contributed by atoms with Crippen molar-refractivity contribution in [1.29, 1.82) is 0 Å². The number of amides is 1. The van der Waals surface area contributed by atoms with Gasteiger partial charge in [-0.2, -0.15) is 0 Å². The zero-order valence-corrected chi connectivity index (χ0v) is 12.3. The molecule has 1 atom stereocenters. The van der Waals surface area contributed by atoms with Crippen molar-refractivity contribution in [3.63, 3.8) is 0 Å². The van der Waals surface area contributed by atoms with Crippen LogP contribution in [0.25, 0.3) is 0 Å². The maximum Gasteiger partial charge on any atom is 0.326 e. The van der Waals surface area contributed by atoms with Gasteiger partial charge in [0.05, 0.1) is 7.11 Å². The first-order chi connectivity index (χ1) is 9.86. The number of aliphatic carboxylic acids is 1. The minimum Gasteiger partial charge on any atom is -0.480 e. The fraction of sp³-hybridized carbons (Fsp3) is 0.400. The Labute approximate surface area is 123 Å². The Balaban J connectivity index is 2.82. The molecule has 0 saturated heterocycles. The van der Waals surface area contributed by atoms with E-state index in [0.29, 0.717) is 5.56 Å². The SMILES string of the molecule is COC(=O)CCC(NC(=O)c1c(C)cccc1C)C(=O)O. The molecule has 0 radical (unpaired) electrons. The summed E-state index contributed by atoms with van der Waals surface area (Å²) in [6, 6.07) is 4.27. The van der Waals surface area contributed by atoms with Crippen LogP contribution in [-0.4, -0.2) is 36.1 Å². The number of carboxylic acids is 1. The van der Waals surface area contributed by atoms with Crippen molar-refractivity contribution in [1.82, 2.24) is 5.32 Å². The van der Waals surface area contributed by atoms with Crippen LogP contribution in [0.1, 0.15) is 34.3 Å². The Kier molecular flexibility index (Phi) is 5.90. The van der Waals surface area contributed by atoms with Crippen LogP contribution < -0.4 is 5.32 Å². The van der Waals surface area contributed by atoms with Gasteiger partial charge in [-0.05, 0) is 31.4 Å². The zero-order chi connectivity index (χ0) is 16.0. The van der Waals surface area contributed by atoms with Crippen molar-refractivity contribution >= 4 is 17.8 Å². The number of carbonyl (C=O) groups excluding carboxylic acids is 2. The van der Waals surface area contributed by atoms with Crippen LogP contribution >= 0.6 is 0 Å². The summed E-state index contributed by atoms with van der Waals surface area (Å²) in [5, 5.41) is 11.6. The number of carbonyl (C=O) groups is 3. The Bertz CT molecular complexity index is 533. The van der Waals surface area contributed by atoms with E-state index in [4.69, 9.17) is 5.11 Å². The molecule has 0 aliphatic heterocycles. The number of hydrogen-bond donors (Lipinski definition) is 2. The van der Waals surface area contributed by atoms with Crippen LogP contribution in [0.2, 0.25) is 0 Å². The summed E-state index contributed by atoms with van der Waals surface area (Å²) in [6.45, 7) is 3.57. The van der Waals surface area contributed by atoms with Gasteiger partial charge in [0.25, 0.3) is 5.91 Å². The van der Waals surface area contributed by atoms with Gasteiger partial charge in [0.2, 0.25) is 0 Å². The second kappa shape index (κ2) is 7.42. The molecule has 0 aromatic heterocycles. The highest BCUT2D eigenvalue weighted by atomic mass is 16.5. The van der Waals surface area contributed by atoms with E-state index in [1.54, 1.807) is 26.0 Å². The topological polar surface area (TPSA) is 92.7 Å². The van der Waals surface area contributed by atoms with E-state index in [1.807, 2.05) is 6.07 Å². The van der Waals surface area contributed by atoms with Crippen molar-refractivity contribution in [3.8, 4) is 0 Å². The summed E-state index contributed by atoms with van der Waals surface area (Å²) < 4.78 is 4.46. The number of aryl methyl sites for hydroxylation is 2. The molecule has 1 aromatic rings. The molecule has 0 fully saturated rings. The number of carboxylic acid groups (broad SMARTS) is 1. The number of esters is 1. The van der Waals surface area contributed by atoms with Crippen LogP contribution in [0.5, 0.6) is 0 Å². The average molecular weight is 293 g/mol. The van der Waals surface area contributed by atoms with Gasteiger partial charge in [0.1, 0.15) is 6.04 Å². The van der Waals surface area contributed by atoms with E-state index < -0.39 is 23.9 Å². The molecule has 1 aromatic carbocycles. The van der Waals surface area contributed by atoms with Gasteiger partial charge in [0, 0.05) is 12.0 Å². The summed E-state index contributed by atoms with van der Waals surface area (Å²) in [7, 11) is 1.23. The number of methoxy groups -OCH3 is 1. The third kappa shape index (κ3) is 4.59. The second-order valence-electron chi connectivity index (χ2n) is 4.75. The maximum absolute atomic E-state index is 12.2. The van der Waals surface area contributed by atoms with Crippen molar-refractivity contribution in [2.24, 2.45) is 0 Å². The number of nitrogens with one attached hydrogen (secondary N) is 1. The molecular formula is C15H19NO5. The lowest BCUT2D eigenvalue weighted by Crippen LogP contribution is -2.41. The fourth-order valence-corrected chi connectivity index (χ4v) is 2.02. The number of rotatable bonds is 6. The molecule has 0 heterocycles. The van der Waals surface area contributed by atoms with E-state index in [2.05, 4.69) is 10.1 Å². The van der Waals surface area contributed by atoms with Crippen LogP contribution in [0.3, 0.4) is 0 Å². The van der Waals surface area contributed by atoms with E-state index in [1.165, 1.54) is 7.11 Å². The quantitative estimate of drug-likeness (QED) is 0.774. The summed E-state index contributed by atoms with van der Waals surface area (Å²) in [4.78, 5) is 34.5. The molecule has 1 rings (SSSR count). The van der Waals surface area contributed by atoms with E-state index in [0.717, 1.165) is 11.1 Å². The first-order valence-corrected chi connectivity index (χ1v) is 6.53. The largest absolute Gasteiger partial charge is 0.480 e. The molecule has 21 heavy (non-hydrogen) atoms. The lowest BCUT2D eigenvalue weighted by Gasteiger charge is -2.16. The molecule has 0 saturated carbocycles. The highest BCUT2D eigenvalue weighted by Gasteiger charge is 2.23. The summed E-state index contributed by atoms with van der Waals surface area (Å²) in [5.74, 6) is -2.15. The third-order valence-corrected chi connectivity index (χ3v) is 3.18. The van der Waals surface area contributed by atoms with Crippen molar-refractivity contribution in [2.45, 2.75) is 32.7 Å². The first-order valence-electron chi connectivity index (χ1n) is 6.53. The number of ether oxygens (including phenoxy) is 1. The van der Waals surface area contributed by atoms with Crippen molar-refractivity contribution < 1.29 is 24.2 Å². The molecule has 1 amide bonds. The van der Waals surface area contributed by atoms with Gasteiger partial charge in [0.15, 0.2) is 0 Å². The van der Waals surface area contributed by atoms with Gasteiger partial charge >= 0.3 is 11.9 Å². The third-order valence-electron chi connectivity index (χ3n) is 3.18. The monoisotopic (exact) mass is 293 g/mol. The fourth-order valence-electron chi connectivity index (χ4n) is 2.02. The molecule has 6 heteroatoms. The Morgan fingerprint density at radius 1 is 1.24 bits per heavy atom. The lowest BCUT2D eigenvalue weighted by atomic mass is 10.0. The van der Waals surface area contributed by atoms with Crippen LogP contribution in [0.15, 0.2) is 18.2 Å². The smallest absolute Gasteiger partial charge is 0.326 e. The Hall–Kier alpha value is -2.37. The predicted octanol–water partition coefficient (Wildman–Crippen LogP) is 1.44. The maximum atomic E-state index is 12.2. The summed E-state index contributed by atoms with van der Waals surface area (Å²) >= 11 is 0. The molecule has 0 spiro atoms. The van der Waals surface area contributed by atoms with Crippen molar-refractivity contribution in [3.05, 3.63) is 34.9 Å². The first kappa shape index (κ1) is 16.7. The van der Waals surface area contributed by atoms with Crippen LogP contribution in [0.4, 0.5) is 0 Å². The summed E-state index contributed by atoms with van der Waals surface area (Å²) in [5.41, 5.74) is 2.00. The average Bonchev–Trinajstić information content (AvgIpc) is 2.42. The minimum absolute atomic E-state index is 0.0152. The Morgan fingerprint density at radius 3 is 2.29 bits per heavy atom. The molecule has 114 valence electrons. The van der Waals surface area contributed by atoms with Gasteiger partial charge in [-0.15, -0.1) is 0 Å². The normalized spacial score (nSPS) is 11.6. The van der Waals surface area contributed by atoms with Gasteiger partial charge < -0.3 is 15.2 Å². The molecule has 0 bridgehead atoms. The highest BCUT2D eigenvalue weighted by Crippen LogP contribution is 2.13. The van der Waals surface area contributed by atoms with E-state index in [-0.39, 0.29) is 12.8 Å². The molecule has 0 aliphatic carbocycles. The molecule has 0 aliphatic rings. The molecular weight excluding hydrogens is 274 g/mol. The van der Waals surface area contributed by atoms with Crippen molar-refractivity contribution in [2.75, 3.05) is 7.11 Å². The van der Waals surface area contributed by atoms with Crippen LogP contribution in [-0.2, 0) is 14.3 Å². The number of hydrogen-bond acceptors (Lipinski definition) is 4. The van der Waals surface area contributed by atoms with Crippen LogP contribution in [0, 0.1) is 13.8 Å².